The fourth-order valence-electron chi connectivity index (χ4n) is 1.38. The quantitative estimate of drug-likeness (QED) is 0.724. The van der Waals surface area contributed by atoms with Crippen LogP contribution >= 0.6 is 0 Å². The number of aromatic hydroxyl groups is 1. The molecule has 1 aromatic carbocycles. The Kier molecular flexibility index (Phi) is 2.11. The number of phenolic OH excluding ortho intramolecular Hbond substituents is 1. The van der Waals surface area contributed by atoms with Crippen molar-refractivity contribution < 1.29 is 14.2 Å². The number of hydrogen-bond donors (Lipinski definition) is 1. The van der Waals surface area contributed by atoms with E-state index in [0.717, 1.165) is 5.56 Å². The molecule has 3 rings (SSSR count). The minimum absolute atomic E-state index is 0.189. The second kappa shape index (κ2) is 3.75. The molecule has 0 aliphatic rings. The van der Waals surface area contributed by atoms with Crippen molar-refractivity contribution in [2.75, 3.05) is 0 Å². The Morgan fingerprint density at radius 2 is 1.82 bits per heavy atom. The number of aromatic nitrogens is 3. The molecule has 0 aliphatic carbocycles. The summed E-state index contributed by atoms with van der Waals surface area (Å²) in [6.45, 7) is 0. The highest BCUT2D eigenvalue weighted by molar-refractivity contribution is 5.58. The third-order valence-corrected chi connectivity index (χ3v) is 2.21. The van der Waals surface area contributed by atoms with Gasteiger partial charge < -0.3 is 14.2 Å². The first kappa shape index (κ1) is 9.59. The maximum absolute atomic E-state index is 9.17. The summed E-state index contributed by atoms with van der Waals surface area (Å²) in [6.07, 6.45) is 1.43. The van der Waals surface area contributed by atoms with Crippen molar-refractivity contribution in [1.82, 2.24) is 15.3 Å². The molecule has 0 bridgehead atoms. The lowest BCUT2D eigenvalue weighted by molar-refractivity contribution is 0.405. The molecule has 2 aromatic heterocycles. The van der Waals surface area contributed by atoms with Crippen LogP contribution in [0.3, 0.4) is 0 Å². The molecule has 1 N–H and O–H groups in total. The smallest absolute Gasteiger partial charge is 0.280 e. The SMILES string of the molecule is Oc1ccc(-c2noc(-c3ccon3)n2)cc1. The van der Waals surface area contributed by atoms with E-state index in [1.807, 2.05) is 0 Å². The largest absolute Gasteiger partial charge is 0.508 e. The van der Waals surface area contributed by atoms with Crippen LogP contribution in [0.2, 0.25) is 0 Å². The molecule has 0 amide bonds. The van der Waals surface area contributed by atoms with Crippen molar-refractivity contribution in [2.24, 2.45) is 0 Å². The monoisotopic (exact) mass is 229 g/mol. The van der Waals surface area contributed by atoms with E-state index in [1.54, 1.807) is 30.3 Å². The molecular weight excluding hydrogens is 222 g/mol. The van der Waals surface area contributed by atoms with Gasteiger partial charge in [0, 0.05) is 11.6 Å². The minimum atomic E-state index is 0.189. The van der Waals surface area contributed by atoms with E-state index in [-0.39, 0.29) is 5.75 Å². The number of nitrogens with zero attached hydrogens (tertiary/aromatic N) is 3. The van der Waals surface area contributed by atoms with Gasteiger partial charge in [0.25, 0.3) is 5.89 Å². The van der Waals surface area contributed by atoms with Crippen LogP contribution in [0.25, 0.3) is 23.0 Å². The average Bonchev–Trinajstić information content (AvgIpc) is 3.00. The Balaban J connectivity index is 1.98. The first-order valence-corrected chi connectivity index (χ1v) is 4.87. The summed E-state index contributed by atoms with van der Waals surface area (Å²) in [6, 6.07) is 8.15. The van der Waals surface area contributed by atoms with Crippen molar-refractivity contribution in [3.05, 3.63) is 36.6 Å². The third-order valence-electron chi connectivity index (χ3n) is 2.21. The van der Waals surface area contributed by atoms with Gasteiger partial charge >= 0.3 is 0 Å². The zero-order valence-electron chi connectivity index (χ0n) is 8.57. The summed E-state index contributed by atoms with van der Waals surface area (Å²) in [5.74, 6) is 0.916. The molecule has 0 aliphatic heterocycles. The van der Waals surface area contributed by atoms with Crippen LogP contribution in [0.5, 0.6) is 5.75 Å². The first-order valence-electron chi connectivity index (χ1n) is 4.87. The van der Waals surface area contributed by atoms with E-state index in [4.69, 9.17) is 4.52 Å². The predicted molar refractivity (Wildman–Crippen MR) is 56.9 cm³/mol. The maximum atomic E-state index is 9.17. The third kappa shape index (κ3) is 1.76. The summed E-state index contributed by atoms with van der Waals surface area (Å²) in [7, 11) is 0. The van der Waals surface area contributed by atoms with Gasteiger partial charge in [-0.3, -0.25) is 0 Å². The Labute approximate surface area is 95.5 Å². The Hall–Kier alpha value is -2.63. The molecular formula is C11H7N3O3. The van der Waals surface area contributed by atoms with Crippen LogP contribution in [0.15, 0.2) is 45.6 Å². The standard InChI is InChI=1S/C11H7N3O3/c15-8-3-1-7(2-4-8)10-12-11(17-14-10)9-5-6-16-13-9/h1-6,15H. The van der Waals surface area contributed by atoms with Crippen molar-refractivity contribution in [3.63, 3.8) is 0 Å². The van der Waals surface area contributed by atoms with Gasteiger partial charge in [-0.25, -0.2) is 0 Å². The van der Waals surface area contributed by atoms with Crippen LogP contribution < -0.4 is 0 Å². The molecule has 2 heterocycles. The van der Waals surface area contributed by atoms with Gasteiger partial charge in [0.05, 0.1) is 0 Å². The topological polar surface area (TPSA) is 85.2 Å². The lowest BCUT2D eigenvalue weighted by Crippen LogP contribution is -1.80. The lowest BCUT2D eigenvalue weighted by Gasteiger charge is -1.93. The molecule has 6 nitrogen and oxygen atoms in total. The van der Waals surface area contributed by atoms with Crippen molar-refractivity contribution in [2.45, 2.75) is 0 Å². The number of rotatable bonds is 2. The average molecular weight is 229 g/mol. The Morgan fingerprint density at radius 3 is 2.53 bits per heavy atom. The summed E-state index contributed by atoms with van der Waals surface area (Å²) < 4.78 is 9.74. The minimum Gasteiger partial charge on any atom is -0.508 e. The molecule has 0 saturated heterocycles. The van der Waals surface area contributed by atoms with Crippen LogP contribution in [-0.4, -0.2) is 20.4 Å². The first-order chi connectivity index (χ1) is 8.33. The summed E-state index contributed by atoms with van der Waals surface area (Å²) >= 11 is 0. The molecule has 6 heteroatoms. The van der Waals surface area contributed by atoms with Gasteiger partial charge in [-0.05, 0) is 24.3 Å². The van der Waals surface area contributed by atoms with Gasteiger partial charge in [-0.15, -0.1) is 0 Å². The van der Waals surface area contributed by atoms with Crippen molar-refractivity contribution in [3.8, 4) is 28.7 Å². The number of benzene rings is 1. The van der Waals surface area contributed by atoms with E-state index in [9.17, 15) is 5.11 Å². The Morgan fingerprint density at radius 1 is 1.00 bits per heavy atom. The van der Waals surface area contributed by atoms with Gasteiger partial charge in [0.1, 0.15) is 12.0 Å². The van der Waals surface area contributed by atoms with Gasteiger partial charge in [0.2, 0.25) is 5.82 Å². The zero-order valence-corrected chi connectivity index (χ0v) is 8.57. The second-order valence-electron chi connectivity index (χ2n) is 3.35. The fraction of sp³-hybridized carbons (Fsp3) is 0. The highest BCUT2D eigenvalue weighted by Gasteiger charge is 2.12. The molecule has 0 radical (unpaired) electrons. The number of hydrogen-bond acceptors (Lipinski definition) is 6. The van der Waals surface area contributed by atoms with Crippen LogP contribution in [0, 0.1) is 0 Å². The second-order valence-corrected chi connectivity index (χ2v) is 3.35. The highest BCUT2D eigenvalue weighted by Crippen LogP contribution is 2.22. The highest BCUT2D eigenvalue weighted by atomic mass is 16.5. The zero-order chi connectivity index (χ0) is 11.7. The molecule has 0 spiro atoms. The maximum Gasteiger partial charge on any atom is 0.280 e. The summed E-state index contributed by atoms with van der Waals surface area (Å²) in [4.78, 5) is 4.17. The van der Waals surface area contributed by atoms with Crippen LogP contribution in [0.1, 0.15) is 0 Å². The molecule has 3 aromatic rings. The number of phenols is 1. The van der Waals surface area contributed by atoms with E-state index in [1.165, 1.54) is 6.26 Å². The van der Waals surface area contributed by atoms with Gasteiger partial charge in [-0.2, -0.15) is 4.98 Å². The van der Waals surface area contributed by atoms with Crippen molar-refractivity contribution >= 4 is 0 Å². The van der Waals surface area contributed by atoms with Crippen LogP contribution in [0.4, 0.5) is 0 Å². The van der Waals surface area contributed by atoms with E-state index in [2.05, 4.69) is 19.8 Å². The normalized spacial score (nSPS) is 10.6. The summed E-state index contributed by atoms with van der Waals surface area (Å²) in [5, 5.41) is 16.7. The molecule has 0 fully saturated rings. The lowest BCUT2D eigenvalue weighted by atomic mass is 10.2. The van der Waals surface area contributed by atoms with Crippen LogP contribution in [-0.2, 0) is 0 Å². The molecule has 17 heavy (non-hydrogen) atoms. The van der Waals surface area contributed by atoms with E-state index in [0.29, 0.717) is 17.4 Å². The molecule has 0 atom stereocenters. The molecule has 84 valence electrons. The predicted octanol–water partition coefficient (Wildman–Crippen LogP) is 2.10. The fourth-order valence-corrected chi connectivity index (χ4v) is 1.38. The molecule has 0 saturated carbocycles. The van der Waals surface area contributed by atoms with E-state index >= 15 is 0 Å². The van der Waals surface area contributed by atoms with Gasteiger partial charge in [0.15, 0.2) is 5.69 Å². The Bertz CT molecular complexity index is 614. The van der Waals surface area contributed by atoms with Gasteiger partial charge in [-0.1, -0.05) is 10.3 Å². The summed E-state index contributed by atoms with van der Waals surface area (Å²) in [5.41, 5.74) is 1.24. The van der Waals surface area contributed by atoms with Crippen molar-refractivity contribution in [1.29, 1.82) is 0 Å². The van der Waals surface area contributed by atoms with E-state index < -0.39 is 0 Å². The molecule has 0 unspecified atom stereocenters.